The summed E-state index contributed by atoms with van der Waals surface area (Å²) in [6, 6.07) is 16.9. The first-order valence-electron chi connectivity index (χ1n) is 7.33. The molecule has 0 aliphatic rings. The van der Waals surface area contributed by atoms with Crippen LogP contribution in [0.15, 0.2) is 54.6 Å². The van der Waals surface area contributed by atoms with Crippen molar-refractivity contribution in [1.82, 2.24) is 0 Å². The lowest BCUT2D eigenvalue weighted by molar-refractivity contribution is -0.0156. The summed E-state index contributed by atoms with van der Waals surface area (Å²) in [6.45, 7) is 4.44. The molecule has 1 atom stereocenters. The van der Waals surface area contributed by atoms with E-state index in [9.17, 15) is 4.79 Å². The van der Waals surface area contributed by atoms with Crippen LogP contribution in [0.1, 0.15) is 31.4 Å². The normalized spacial score (nSPS) is 13.4. The molecule has 0 saturated heterocycles. The smallest absolute Gasteiger partial charge is 0.449 e. The van der Waals surface area contributed by atoms with Crippen LogP contribution in [0, 0.1) is 0 Å². The predicted octanol–water partition coefficient (Wildman–Crippen LogP) is 4.43. The van der Waals surface area contributed by atoms with Crippen molar-refractivity contribution in [3.63, 3.8) is 0 Å². The highest BCUT2D eigenvalue weighted by Gasteiger charge is 2.36. The molecule has 2 aromatic carbocycles. The Kier molecular flexibility index (Phi) is 5.17. The Bertz CT molecular complexity index is 624. The van der Waals surface area contributed by atoms with Crippen LogP contribution in [0.5, 0.6) is 5.75 Å². The molecule has 2 aromatic rings. The van der Waals surface area contributed by atoms with Crippen LogP contribution in [-0.2, 0) is 10.3 Å². The van der Waals surface area contributed by atoms with Crippen LogP contribution in [0.25, 0.3) is 0 Å². The summed E-state index contributed by atoms with van der Waals surface area (Å²) in [5, 5.41) is 8.97. The molecule has 1 unspecified atom stereocenters. The standard InChI is InChI=1S/C18H20O4/c1-3-18(21-4-2,14-10-6-5-7-11-14)15-12-8-9-13-16(15)22-17(19)20/h5-13H,3-4H2,1-2H3,(H,19,20). The number of benzene rings is 2. The zero-order valence-corrected chi connectivity index (χ0v) is 12.8. The van der Waals surface area contributed by atoms with E-state index in [1.807, 2.05) is 56.3 Å². The third-order valence-corrected chi connectivity index (χ3v) is 3.65. The van der Waals surface area contributed by atoms with Gasteiger partial charge in [-0.3, -0.25) is 0 Å². The summed E-state index contributed by atoms with van der Waals surface area (Å²) in [5.74, 6) is 0.300. The minimum absolute atomic E-state index is 0.300. The highest BCUT2D eigenvalue weighted by atomic mass is 16.7. The molecule has 2 rings (SSSR count). The third kappa shape index (κ3) is 3.12. The fourth-order valence-corrected chi connectivity index (χ4v) is 2.75. The largest absolute Gasteiger partial charge is 0.511 e. The molecule has 0 aliphatic heterocycles. The topological polar surface area (TPSA) is 55.8 Å². The van der Waals surface area contributed by atoms with Gasteiger partial charge in [0.25, 0.3) is 0 Å². The summed E-state index contributed by atoms with van der Waals surface area (Å²) in [4.78, 5) is 11.0. The molecule has 4 heteroatoms. The number of ether oxygens (including phenoxy) is 2. The molecule has 0 amide bonds. The summed E-state index contributed by atoms with van der Waals surface area (Å²) in [7, 11) is 0. The van der Waals surface area contributed by atoms with E-state index in [2.05, 4.69) is 0 Å². The Morgan fingerprint density at radius 3 is 2.27 bits per heavy atom. The van der Waals surface area contributed by atoms with Crippen molar-refractivity contribution in [2.75, 3.05) is 6.61 Å². The summed E-state index contributed by atoms with van der Waals surface area (Å²) >= 11 is 0. The number of para-hydroxylation sites is 1. The van der Waals surface area contributed by atoms with Crippen LogP contribution in [0.3, 0.4) is 0 Å². The Morgan fingerprint density at radius 1 is 1.05 bits per heavy atom. The first kappa shape index (κ1) is 16.0. The van der Waals surface area contributed by atoms with Gasteiger partial charge in [-0.15, -0.1) is 0 Å². The molecule has 4 nitrogen and oxygen atoms in total. The zero-order chi connectivity index (χ0) is 16.0. The molecule has 0 saturated carbocycles. The molecule has 0 spiro atoms. The van der Waals surface area contributed by atoms with Crippen LogP contribution in [0.4, 0.5) is 4.79 Å². The minimum Gasteiger partial charge on any atom is -0.449 e. The highest BCUT2D eigenvalue weighted by Crippen LogP contribution is 2.41. The van der Waals surface area contributed by atoms with E-state index < -0.39 is 11.8 Å². The molecule has 0 bridgehead atoms. The van der Waals surface area contributed by atoms with Crippen molar-refractivity contribution >= 4 is 6.16 Å². The van der Waals surface area contributed by atoms with Gasteiger partial charge in [0.2, 0.25) is 0 Å². The van der Waals surface area contributed by atoms with Gasteiger partial charge >= 0.3 is 6.16 Å². The van der Waals surface area contributed by atoms with E-state index in [0.717, 1.165) is 5.56 Å². The van der Waals surface area contributed by atoms with Gasteiger partial charge in [0, 0.05) is 12.2 Å². The first-order chi connectivity index (χ1) is 10.6. The van der Waals surface area contributed by atoms with Gasteiger partial charge in [0.1, 0.15) is 11.4 Å². The maximum absolute atomic E-state index is 11.0. The van der Waals surface area contributed by atoms with E-state index in [-0.39, 0.29) is 0 Å². The summed E-state index contributed by atoms with van der Waals surface area (Å²) < 4.78 is 11.1. The van der Waals surface area contributed by atoms with Gasteiger partial charge in [0.15, 0.2) is 0 Å². The van der Waals surface area contributed by atoms with Crippen LogP contribution in [0.2, 0.25) is 0 Å². The summed E-state index contributed by atoms with van der Waals surface area (Å²) in [6.07, 6.45) is -0.674. The quantitative estimate of drug-likeness (QED) is 0.633. The molecule has 116 valence electrons. The van der Waals surface area contributed by atoms with Gasteiger partial charge in [-0.05, 0) is 25.0 Å². The van der Waals surface area contributed by atoms with Crippen LogP contribution >= 0.6 is 0 Å². The van der Waals surface area contributed by atoms with E-state index in [4.69, 9.17) is 14.6 Å². The van der Waals surface area contributed by atoms with Gasteiger partial charge in [-0.25, -0.2) is 4.79 Å². The molecule has 0 heterocycles. The molecule has 1 N–H and O–H groups in total. The second-order valence-electron chi connectivity index (χ2n) is 4.84. The van der Waals surface area contributed by atoms with Crippen LogP contribution in [-0.4, -0.2) is 17.9 Å². The molecule has 0 aliphatic carbocycles. The Hall–Kier alpha value is -2.33. The van der Waals surface area contributed by atoms with Crippen molar-refractivity contribution in [2.45, 2.75) is 25.9 Å². The zero-order valence-electron chi connectivity index (χ0n) is 12.8. The fourth-order valence-electron chi connectivity index (χ4n) is 2.75. The number of hydrogen-bond acceptors (Lipinski definition) is 3. The second kappa shape index (κ2) is 7.09. The molecule has 0 radical (unpaired) electrons. The molecule has 0 fully saturated rings. The Morgan fingerprint density at radius 2 is 1.68 bits per heavy atom. The third-order valence-electron chi connectivity index (χ3n) is 3.65. The second-order valence-corrected chi connectivity index (χ2v) is 4.84. The molecule has 0 aromatic heterocycles. The van der Waals surface area contributed by atoms with Crippen LogP contribution < -0.4 is 4.74 Å². The lowest BCUT2D eigenvalue weighted by Crippen LogP contribution is -2.31. The van der Waals surface area contributed by atoms with E-state index in [0.29, 0.717) is 24.3 Å². The van der Waals surface area contributed by atoms with Gasteiger partial charge in [-0.1, -0.05) is 55.5 Å². The number of hydrogen-bond donors (Lipinski definition) is 1. The van der Waals surface area contributed by atoms with Crippen molar-refractivity contribution < 1.29 is 19.4 Å². The van der Waals surface area contributed by atoms with Gasteiger partial charge in [0.05, 0.1) is 0 Å². The molecular weight excluding hydrogens is 280 g/mol. The van der Waals surface area contributed by atoms with E-state index >= 15 is 0 Å². The monoisotopic (exact) mass is 300 g/mol. The maximum Gasteiger partial charge on any atom is 0.511 e. The predicted molar refractivity (Wildman–Crippen MR) is 84.2 cm³/mol. The van der Waals surface area contributed by atoms with Crippen molar-refractivity contribution in [3.8, 4) is 5.75 Å². The first-order valence-corrected chi connectivity index (χ1v) is 7.33. The van der Waals surface area contributed by atoms with Gasteiger partial charge < -0.3 is 14.6 Å². The Labute approximate surface area is 130 Å². The number of carboxylic acid groups (broad SMARTS) is 1. The van der Waals surface area contributed by atoms with Crippen molar-refractivity contribution in [1.29, 1.82) is 0 Å². The maximum atomic E-state index is 11.0. The van der Waals surface area contributed by atoms with E-state index in [1.165, 1.54) is 0 Å². The van der Waals surface area contributed by atoms with Crippen molar-refractivity contribution in [2.24, 2.45) is 0 Å². The average molecular weight is 300 g/mol. The van der Waals surface area contributed by atoms with Gasteiger partial charge in [-0.2, -0.15) is 0 Å². The van der Waals surface area contributed by atoms with E-state index in [1.54, 1.807) is 12.1 Å². The van der Waals surface area contributed by atoms with Crippen molar-refractivity contribution in [3.05, 3.63) is 65.7 Å². The Balaban J connectivity index is 2.62. The lowest BCUT2D eigenvalue weighted by Gasteiger charge is -2.34. The SMILES string of the molecule is CCOC(CC)(c1ccccc1)c1ccccc1OC(=O)O. The molecular formula is C18H20O4. The minimum atomic E-state index is -1.33. The highest BCUT2D eigenvalue weighted by molar-refractivity contribution is 5.63. The number of carbonyl (C=O) groups is 1. The fraction of sp³-hybridized carbons (Fsp3) is 0.278. The lowest BCUT2D eigenvalue weighted by atomic mass is 9.83. The average Bonchev–Trinajstić information content (AvgIpc) is 2.54. The summed E-state index contributed by atoms with van der Waals surface area (Å²) in [5.41, 5.74) is 0.955. The number of rotatable bonds is 6. The molecule has 22 heavy (non-hydrogen) atoms.